The fourth-order valence-corrected chi connectivity index (χ4v) is 8.79. The van der Waals surface area contributed by atoms with Crippen LogP contribution in [-0.4, -0.2) is 91.1 Å². The van der Waals surface area contributed by atoms with Gasteiger partial charge in [0.1, 0.15) is 21.4 Å². The molecule has 4 fully saturated rings. The average molecular weight is 662 g/mol. The highest BCUT2D eigenvalue weighted by atomic mass is 32.2. The van der Waals surface area contributed by atoms with E-state index in [0.717, 1.165) is 25.5 Å². The van der Waals surface area contributed by atoms with Crippen molar-refractivity contribution in [2.24, 2.45) is 16.7 Å². The lowest BCUT2D eigenvalue weighted by molar-refractivity contribution is -0.160. The number of fused-ring (bicyclic) bond motifs is 1. The van der Waals surface area contributed by atoms with Gasteiger partial charge >= 0.3 is 6.03 Å². The molecule has 4 atom stereocenters. The van der Waals surface area contributed by atoms with Gasteiger partial charge in [-0.05, 0) is 37.0 Å². The molecule has 2 aliphatic carbocycles. The smallest absolute Gasteiger partial charge is 0.315 e. The van der Waals surface area contributed by atoms with Gasteiger partial charge in [0.15, 0.2) is 0 Å². The normalized spacial score (nSPS) is 24.3. The van der Waals surface area contributed by atoms with Gasteiger partial charge in [0, 0.05) is 31.2 Å². The van der Waals surface area contributed by atoms with Crippen LogP contribution in [0.25, 0.3) is 0 Å². The van der Waals surface area contributed by atoms with Crippen molar-refractivity contribution < 1.29 is 32.4 Å². The first-order chi connectivity index (χ1) is 21.2. The van der Waals surface area contributed by atoms with Crippen molar-refractivity contribution in [2.75, 3.05) is 25.1 Å². The Labute approximate surface area is 273 Å². The van der Waals surface area contributed by atoms with Crippen molar-refractivity contribution in [3.8, 4) is 12.3 Å². The van der Waals surface area contributed by atoms with Crippen molar-refractivity contribution in [1.82, 2.24) is 26.2 Å². The molecule has 2 aliphatic heterocycles. The van der Waals surface area contributed by atoms with Crippen LogP contribution in [0.5, 0.6) is 0 Å². The van der Waals surface area contributed by atoms with Crippen LogP contribution in [0.2, 0.25) is 0 Å². The summed E-state index contributed by atoms with van der Waals surface area (Å²) in [5.41, 5.74) is -3.71. The minimum atomic E-state index is -3.41. The molecule has 0 aromatic carbocycles. The molecule has 4 rings (SSSR count). The number of urea groups is 1. The molecule has 0 aromatic rings. The Morgan fingerprint density at radius 3 is 2.24 bits per heavy atom. The number of sulfone groups is 1. The predicted molar refractivity (Wildman–Crippen MR) is 175 cm³/mol. The summed E-state index contributed by atoms with van der Waals surface area (Å²) < 4.78 is 24.6. The third kappa shape index (κ3) is 7.59. The van der Waals surface area contributed by atoms with Gasteiger partial charge in [-0.2, -0.15) is 0 Å². The van der Waals surface area contributed by atoms with Crippen LogP contribution in [0.15, 0.2) is 12.7 Å². The van der Waals surface area contributed by atoms with E-state index in [4.69, 9.17) is 6.42 Å². The van der Waals surface area contributed by atoms with E-state index in [1.807, 2.05) is 13.8 Å². The van der Waals surface area contributed by atoms with Crippen LogP contribution in [0, 0.1) is 29.1 Å². The lowest BCUT2D eigenvalue weighted by atomic mass is 9.52. The molecule has 5 amide bonds. The summed E-state index contributed by atoms with van der Waals surface area (Å²) in [6.07, 6.45) is 12.1. The molecular weight excluding hydrogens is 610 g/mol. The first-order valence-electron chi connectivity index (χ1n) is 16.0. The van der Waals surface area contributed by atoms with Gasteiger partial charge < -0.3 is 26.2 Å². The van der Waals surface area contributed by atoms with Gasteiger partial charge in [-0.25, -0.2) is 13.2 Å². The molecule has 2 heterocycles. The Morgan fingerprint density at radius 2 is 1.72 bits per heavy atom. The summed E-state index contributed by atoms with van der Waals surface area (Å²) in [5.74, 6) is -0.498. The van der Waals surface area contributed by atoms with E-state index in [-0.39, 0.29) is 37.6 Å². The van der Waals surface area contributed by atoms with Gasteiger partial charge in [-0.15, -0.1) is 18.9 Å². The molecule has 2 unspecified atom stereocenters. The highest BCUT2D eigenvalue weighted by molar-refractivity contribution is 7.90. The van der Waals surface area contributed by atoms with Crippen LogP contribution >= 0.6 is 0 Å². The Balaban J connectivity index is 1.88. The predicted octanol–water partition coefficient (Wildman–Crippen LogP) is 1.84. The molecule has 0 aromatic heterocycles. The standard InChI is InChI=1S/C33H51N5O7S/c1-9-11-15-23(24(39)26(40)34-18-10-2)35-28(42)33-19-22(31(33,6)7)20-38(33)27(41)25(30(3,4)5)36-29(43)37-32(21-46(8,44)45)16-13-12-14-17-32/h1,10,22-23,25H,2,11-21H2,3-8H3,(H,34,40)(H,35,42)(H2,36,37,43)/t22?,23?,25-,33-/m1/s1. The molecular formula is C33H51N5O7S. The summed E-state index contributed by atoms with van der Waals surface area (Å²) in [4.78, 5) is 69.1. The summed E-state index contributed by atoms with van der Waals surface area (Å²) in [7, 11) is -3.41. The van der Waals surface area contributed by atoms with Gasteiger partial charge in [-0.1, -0.05) is 60.0 Å². The second-order valence-electron chi connectivity index (χ2n) is 14.9. The molecule has 2 bridgehead atoms. The molecule has 12 nitrogen and oxygen atoms in total. The highest BCUT2D eigenvalue weighted by Crippen LogP contribution is 2.64. The zero-order chi connectivity index (χ0) is 34.7. The van der Waals surface area contributed by atoms with Gasteiger partial charge in [0.05, 0.1) is 17.3 Å². The van der Waals surface area contributed by atoms with Gasteiger partial charge in [-0.3, -0.25) is 19.2 Å². The number of ketones is 1. The van der Waals surface area contributed by atoms with Crippen molar-refractivity contribution >= 4 is 39.4 Å². The van der Waals surface area contributed by atoms with Crippen LogP contribution in [0.3, 0.4) is 0 Å². The third-order valence-electron chi connectivity index (χ3n) is 10.1. The Kier molecular flexibility index (Phi) is 11.1. The second kappa shape index (κ2) is 13.8. The van der Waals surface area contributed by atoms with Crippen LogP contribution in [0.4, 0.5) is 4.79 Å². The van der Waals surface area contributed by atoms with E-state index in [0.29, 0.717) is 19.3 Å². The lowest BCUT2D eigenvalue weighted by Crippen LogP contribution is -2.72. The number of nitrogens with one attached hydrogen (secondary N) is 4. The average Bonchev–Trinajstić information content (AvgIpc) is 3.48. The number of carbonyl (C=O) groups is 5. The van der Waals surface area contributed by atoms with Crippen LogP contribution < -0.4 is 21.3 Å². The largest absolute Gasteiger partial charge is 0.346 e. The molecule has 4 N–H and O–H groups in total. The number of rotatable bonds is 13. The summed E-state index contributed by atoms with van der Waals surface area (Å²) in [6.45, 7) is 13.1. The monoisotopic (exact) mass is 661 g/mol. The molecule has 46 heavy (non-hydrogen) atoms. The van der Waals surface area contributed by atoms with E-state index in [1.54, 1.807) is 20.8 Å². The van der Waals surface area contributed by atoms with E-state index in [1.165, 1.54) is 11.0 Å². The Hall–Kier alpha value is -3.40. The number of carbonyl (C=O) groups excluding carboxylic acids is 5. The number of hydrogen-bond acceptors (Lipinski definition) is 7. The van der Waals surface area contributed by atoms with Crippen molar-refractivity contribution in [3.05, 3.63) is 12.7 Å². The van der Waals surface area contributed by atoms with Gasteiger partial charge in [0.2, 0.25) is 17.6 Å². The highest BCUT2D eigenvalue weighted by Gasteiger charge is 2.74. The SMILES string of the molecule is C#CCCC(NC(=O)[C@@]12CC(CN1C(=O)[C@@H](NC(=O)NC1(CS(C)(=O)=O)CCCCC1)C(C)(C)C)C2(C)C)C(=O)C(=O)NCC=C. The molecule has 2 saturated heterocycles. The van der Waals surface area contributed by atoms with Crippen LogP contribution in [0.1, 0.15) is 86.0 Å². The lowest BCUT2D eigenvalue weighted by Gasteiger charge is -2.55. The summed E-state index contributed by atoms with van der Waals surface area (Å²) >= 11 is 0. The maximum absolute atomic E-state index is 14.4. The number of terminal acetylenes is 1. The second-order valence-corrected chi connectivity index (χ2v) is 17.0. The zero-order valence-corrected chi connectivity index (χ0v) is 28.9. The van der Waals surface area contributed by atoms with Crippen LogP contribution in [-0.2, 0) is 29.0 Å². The molecule has 13 heteroatoms. The molecule has 4 aliphatic rings. The minimum Gasteiger partial charge on any atom is -0.346 e. The topological polar surface area (TPSA) is 171 Å². The molecule has 0 spiro atoms. The quantitative estimate of drug-likeness (QED) is 0.133. The number of hydrogen-bond donors (Lipinski definition) is 4. The fraction of sp³-hybridized carbons (Fsp3) is 0.727. The Morgan fingerprint density at radius 1 is 1.09 bits per heavy atom. The van der Waals surface area contributed by atoms with E-state index < -0.39 is 73.4 Å². The van der Waals surface area contributed by atoms with E-state index in [9.17, 15) is 32.4 Å². The maximum Gasteiger partial charge on any atom is 0.315 e. The maximum atomic E-state index is 14.4. The Bertz CT molecular complexity index is 1390. The molecule has 256 valence electrons. The number of amides is 5. The van der Waals surface area contributed by atoms with Crippen molar-refractivity contribution in [3.63, 3.8) is 0 Å². The van der Waals surface area contributed by atoms with Crippen molar-refractivity contribution in [2.45, 2.75) is 109 Å². The summed E-state index contributed by atoms with van der Waals surface area (Å²) in [5, 5.41) is 10.9. The van der Waals surface area contributed by atoms with E-state index >= 15 is 0 Å². The number of nitrogens with zero attached hydrogens (tertiary/aromatic N) is 1. The van der Waals surface area contributed by atoms with Gasteiger partial charge in [0.25, 0.3) is 5.91 Å². The first-order valence-corrected chi connectivity index (χ1v) is 18.1. The fourth-order valence-electron chi connectivity index (χ4n) is 7.43. The minimum absolute atomic E-state index is 0.00679. The molecule has 0 radical (unpaired) electrons. The van der Waals surface area contributed by atoms with E-state index in [2.05, 4.69) is 33.8 Å². The zero-order valence-electron chi connectivity index (χ0n) is 28.1. The third-order valence-corrected chi connectivity index (χ3v) is 11.2. The van der Waals surface area contributed by atoms with Crippen molar-refractivity contribution in [1.29, 1.82) is 0 Å². The first kappa shape index (κ1) is 37.1. The number of Topliss-reactive ketones (excluding diaryl/α,β-unsaturated/α-hetero) is 1. The molecule has 2 saturated carbocycles. The summed E-state index contributed by atoms with van der Waals surface area (Å²) in [6, 6.07) is -2.90.